The lowest BCUT2D eigenvalue weighted by molar-refractivity contribution is -0.146. The first kappa shape index (κ1) is 19.3. The molecule has 0 fully saturated rings. The summed E-state index contributed by atoms with van der Waals surface area (Å²) in [6.45, 7) is 0.200. The number of aromatic nitrogens is 2. The molecule has 0 spiro atoms. The lowest BCUT2D eigenvalue weighted by Crippen LogP contribution is -2.50. The minimum absolute atomic E-state index is 0.200. The second-order valence-corrected chi connectivity index (χ2v) is 6.04. The van der Waals surface area contributed by atoms with Crippen molar-refractivity contribution < 1.29 is 28.5 Å². The molecule has 1 aliphatic heterocycles. The van der Waals surface area contributed by atoms with Crippen LogP contribution in [0.5, 0.6) is 17.2 Å². The fraction of sp³-hybridized carbons (Fsp3) is 0.389. The summed E-state index contributed by atoms with van der Waals surface area (Å²) in [5.74, 6) is 0.705. The smallest absolute Gasteiger partial charge is 0.329 e. The van der Waals surface area contributed by atoms with Crippen LogP contribution in [0.3, 0.4) is 0 Å². The van der Waals surface area contributed by atoms with E-state index >= 15 is 0 Å². The molecule has 10 heteroatoms. The number of imidazole rings is 1. The fourth-order valence-electron chi connectivity index (χ4n) is 3.14. The standard InChI is InChI=1S/C18H22N4O6/c1-25-14-5-10(6-15(26-2)16(14)27-3)21-18(24)22-8-12-11(19-9-20-12)7-13(22)17(23)28-4/h5-6,9,13H,7-8H2,1-4H3,(H,19,20)(H,21,24). The van der Waals surface area contributed by atoms with Crippen molar-refractivity contribution in [2.24, 2.45) is 0 Å². The highest BCUT2D eigenvalue weighted by atomic mass is 16.5. The molecule has 1 aromatic carbocycles. The largest absolute Gasteiger partial charge is 0.493 e. The molecule has 0 radical (unpaired) electrons. The number of fused-ring (bicyclic) bond motifs is 1. The molecule has 2 N–H and O–H groups in total. The van der Waals surface area contributed by atoms with Gasteiger partial charge in [0.1, 0.15) is 6.04 Å². The SMILES string of the molecule is COC(=O)C1Cc2nc[nH]c2CN1C(=O)Nc1cc(OC)c(OC)c(OC)c1. The number of esters is 1. The Balaban J connectivity index is 1.88. The Morgan fingerprint density at radius 2 is 1.82 bits per heavy atom. The second kappa shape index (κ2) is 8.07. The van der Waals surface area contributed by atoms with Crippen LogP contribution >= 0.6 is 0 Å². The van der Waals surface area contributed by atoms with Gasteiger partial charge in [0.15, 0.2) is 11.5 Å². The van der Waals surface area contributed by atoms with Gasteiger partial charge in [-0.2, -0.15) is 0 Å². The highest BCUT2D eigenvalue weighted by molar-refractivity contribution is 5.93. The van der Waals surface area contributed by atoms with Crippen molar-refractivity contribution in [3.05, 3.63) is 29.8 Å². The maximum absolute atomic E-state index is 12.9. The van der Waals surface area contributed by atoms with Crippen LogP contribution in [-0.4, -0.2) is 61.3 Å². The highest BCUT2D eigenvalue weighted by Crippen LogP contribution is 2.40. The van der Waals surface area contributed by atoms with E-state index in [2.05, 4.69) is 15.3 Å². The zero-order valence-electron chi connectivity index (χ0n) is 16.1. The van der Waals surface area contributed by atoms with Crippen molar-refractivity contribution >= 4 is 17.7 Å². The normalized spacial score (nSPS) is 15.4. The molecule has 1 aromatic heterocycles. The summed E-state index contributed by atoms with van der Waals surface area (Å²) in [6, 6.07) is 1.98. The minimum atomic E-state index is -0.775. The Kier molecular flexibility index (Phi) is 5.57. The van der Waals surface area contributed by atoms with E-state index in [0.29, 0.717) is 22.9 Å². The molecule has 0 aliphatic carbocycles. The van der Waals surface area contributed by atoms with Crippen LogP contribution in [0.2, 0.25) is 0 Å². The molecule has 28 heavy (non-hydrogen) atoms. The van der Waals surface area contributed by atoms with Crippen molar-refractivity contribution in [2.75, 3.05) is 33.8 Å². The average molecular weight is 390 g/mol. The van der Waals surface area contributed by atoms with Crippen molar-refractivity contribution in [1.82, 2.24) is 14.9 Å². The number of urea groups is 1. The summed E-state index contributed by atoms with van der Waals surface area (Å²) in [5, 5.41) is 2.77. The van der Waals surface area contributed by atoms with Gasteiger partial charge in [0.05, 0.1) is 58.4 Å². The quantitative estimate of drug-likeness (QED) is 0.745. The molecule has 2 aromatic rings. The molecule has 150 valence electrons. The van der Waals surface area contributed by atoms with E-state index in [-0.39, 0.29) is 13.0 Å². The first-order chi connectivity index (χ1) is 13.5. The summed E-state index contributed by atoms with van der Waals surface area (Å²) < 4.78 is 20.7. The van der Waals surface area contributed by atoms with Gasteiger partial charge in [-0.3, -0.25) is 0 Å². The van der Waals surface area contributed by atoms with Crippen LogP contribution in [0.4, 0.5) is 10.5 Å². The number of H-pyrrole nitrogens is 1. The predicted octanol–water partition coefficient (Wildman–Crippen LogP) is 1.57. The summed E-state index contributed by atoms with van der Waals surface area (Å²) in [5.41, 5.74) is 1.95. The first-order valence-electron chi connectivity index (χ1n) is 8.48. The topological polar surface area (TPSA) is 115 Å². The van der Waals surface area contributed by atoms with Crippen molar-refractivity contribution in [1.29, 1.82) is 0 Å². The zero-order valence-corrected chi connectivity index (χ0v) is 16.1. The van der Waals surface area contributed by atoms with Gasteiger partial charge in [-0.15, -0.1) is 0 Å². The van der Waals surface area contributed by atoms with Gasteiger partial charge in [-0.05, 0) is 0 Å². The number of amides is 2. The first-order valence-corrected chi connectivity index (χ1v) is 8.48. The van der Waals surface area contributed by atoms with Gasteiger partial charge in [0, 0.05) is 18.6 Å². The number of hydrogen-bond acceptors (Lipinski definition) is 7. The number of rotatable bonds is 5. The van der Waals surface area contributed by atoms with E-state index in [1.807, 2.05) is 0 Å². The van der Waals surface area contributed by atoms with Crippen LogP contribution in [0.25, 0.3) is 0 Å². The van der Waals surface area contributed by atoms with Crippen molar-refractivity contribution in [3.8, 4) is 17.2 Å². The summed E-state index contributed by atoms with van der Waals surface area (Å²) in [7, 11) is 5.76. The van der Waals surface area contributed by atoms with Gasteiger partial charge in [-0.1, -0.05) is 0 Å². The Bertz CT molecular complexity index is 856. The molecule has 0 saturated carbocycles. The monoisotopic (exact) mass is 390 g/mol. The molecule has 1 aliphatic rings. The fourth-order valence-corrected chi connectivity index (χ4v) is 3.14. The predicted molar refractivity (Wildman–Crippen MR) is 98.8 cm³/mol. The third-order valence-corrected chi connectivity index (χ3v) is 4.55. The Labute approximate surface area is 161 Å². The molecule has 10 nitrogen and oxygen atoms in total. The van der Waals surface area contributed by atoms with Crippen LogP contribution in [0, 0.1) is 0 Å². The molecule has 1 atom stereocenters. The Morgan fingerprint density at radius 1 is 1.14 bits per heavy atom. The molecule has 3 rings (SSSR count). The van der Waals surface area contributed by atoms with Crippen LogP contribution in [-0.2, 0) is 22.5 Å². The van der Waals surface area contributed by atoms with Crippen LogP contribution < -0.4 is 19.5 Å². The molecule has 2 amide bonds. The van der Waals surface area contributed by atoms with E-state index in [1.54, 1.807) is 18.5 Å². The maximum Gasteiger partial charge on any atom is 0.329 e. The van der Waals surface area contributed by atoms with Gasteiger partial charge in [0.25, 0.3) is 0 Å². The number of ether oxygens (including phenoxy) is 4. The van der Waals surface area contributed by atoms with Gasteiger partial charge in [0.2, 0.25) is 5.75 Å². The van der Waals surface area contributed by atoms with Gasteiger partial charge >= 0.3 is 12.0 Å². The molecule has 1 unspecified atom stereocenters. The third-order valence-electron chi connectivity index (χ3n) is 4.55. The number of carbonyl (C=O) groups excluding carboxylic acids is 2. The molecular formula is C18H22N4O6. The third kappa shape index (κ3) is 3.53. The van der Waals surface area contributed by atoms with E-state index in [1.165, 1.54) is 33.3 Å². The number of hydrogen-bond donors (Lipinski definition) is 2. The summed E-state index contributed by atoms with van der Waals surface area (Å²) >= 11 is 0. The molecule has 0 saturated heterocycles. The van der Waals surface area contributed by atoms with Crippen LogP contribution in [0.1, 0.15) is 11.4 Å². The van der Waals surface area contributed by atoms with Crippen molar-refractivity contribution in [3.63, 3.8) is 0 Å². The average Bonchev–Trinajstić information content (AvgIpc) is 3.18. The summed E-state index contributed by atoms with van der Waals surface area (Å²) in [4.78, 5) is 33.7. The Hall–Kier alpha value is -3.43. The van der Waals surface area contributed by atoms with Gasteiger partial charge in [-0.25, -0.2) is 14.6 Å². The second-order valence-electron chi connectivity index (χ2n) is 6.04. The Morgan fingerprint density at radius 3 is 2.39 bits per heavy atom. The number of carbonyl (C=O) groups is 2. The van der Waals surface area contributed by atoms with E-state index in [4.69, 9.17) is 18.9 Å². The number of anilines is 1. The lowest BCUT2D eigenvalue weighted by Gasteiger charge is -2.33. The number of methoxy groups -OCH3 is 4. The number of benzene rings is 1. The number of aromatic amines is 1. The van der Waals surface area contributed by atoms with Crippen LogP contribution in [0.15, 0.2) is 18.5 Å². The molecular weight excluding hydrogens is 368 g/mol. The number of nitrogens with zero attached hydrogens (tertiary/aromatic N) is 2. The highest BCUT2D eigenvalue weighted by Gasteiger charge is 2.37. The maximum atomic E-state index is 12.9. The number of nitrogens with one attached hydrogen (secondary N) is 2. The summed E-state index contributed by atoms with van der Waals surface area (Å²) in [6.07, 6.45) is 1.81. The lowest BCUT2D eigenvalue weighted by atomic mass is 10.0. The van der Waals surface area contributed by atoms with Crippen molar-refractivity contribution in [2.45, 2.75) is 19.0 Å². The van der Waals surface area contributed by atoms with E-state index < -0.39 is 18.0 Å². The zero-order chi connectivity index (χ0) is 20.3. The van der Waals surface area contributed by atoms with E-state index in [9.17, 15) is 9.59 Å². The minimum Gasteiger partial charge on any atom is -0.493 e. The van der Waals surface area contributed by atoms with E-state index in [0.717, 1.165) is 11.4 Å². The molecule has 0 bridgehead atoms. The van der Waals surface area contributed by atoms with Gasteiger partial charge < -0.3 is 34.1 Å². The molecule has 2 heterocycles.